The van der Waals surface area contributed by atoms with Gasteiger partial charge in [-0.15, -0.1) is 0 Å². The molecule has 0 aromatic rings. The number of ether oxygens (including phenoxy) is 2. The Hall–Kier alpha value is -1.30. The highest BCUT2D eigenvalue weighted by Gasteiger charge is 2.27. The second-order valence-corrected chi connectivity index (χ2v) is 6.12. The molecule has 0 radical (unpaired) electrons. The largest absolute Gasteiger partial charge is 0.444 e. The molecule has 1 aliphatic rings. The normalized spacial score (nSPS) is 19.6. The Morgan fingerprint density at radius 3 is 2.65 bits per heavy atom. The Morgan fingerprint density at radius 1 is 1.35 bits per heavy atom. The number of piperidine rings is 1. The summed E-state index contributed by atoms with van der Waals surface area (Å²) in [7, 11) is 1.58. The predicted molar refractivity (Wildman–Crippen MR) is 75.4 cm³/mol. The van der Waals surface area contributed by atoms with Crippen molar-refractivity contribution in [3.63, 3.8) is 0 Å². The van der Waals surface area contributed by atoms with Crippen molar-refractivity contribution >= 4 is 12.0 Å². The number of nitrogens with one attached hydrogen (secondary N) is 1. The lowest BCUT2D eigenvalue weighted by Crippen LogP contribution is -2.44. The first-order valence-corrected chi connectivity index (χ1v) is 7.08. The maximum atomic E-state index is 12.0. The van der Waals surface area contributed by atoms with Crippen LogP contribution in [-0.4, -0.2) is 55.9 Å². The minimum Gasteiger partial charge on any atom is -0.444 e. The molecular weight excluding hydrogens is 260 g/mol. The fourth-order valence-electron chi connectivity index (χ4n) is 2.08. The van der Waals surface area contributed by atoms with Gasteiger partial charge in [0.25, 0.3) is 0 Å². The maximum absolute atomic E-state index is 12.0. The van der Waals surface area contributed by atoms with Crippen LogP contribution >= 0.6 is 0 Å². The molecule has 0 aliphatic carbocycles. The van der Waals surface area contributed by atoms with E-state index in [-0.39, 0.29) is 24.5 Å². The highest BCUT2D eigenvalue weighted by atomic mass is 16.6. The van der Waals surface area contributed by atoms with Gasteiger partial charge in [0, 0.05) is 26.1 Å². The first kappa shape index (κ1) is 16.8. The molecule has 0 aromatic carbocycles. The molecule has 0 bridgehead atoms. The second kappa shape index (κ2) is 7.47. The minimum absolute atomic E-state index is 0.0689. The van der Waals surface area contributed by atoms with Gasteiger partial charge in [-0.3, -0.25) is 4.79 Å². The van der Waals surface area contributed by atoms with Crippen LogP contribution in [0, 0.1) is 5.92 Å². The van der Waals surface area contributed by atoms with Gasteiger partial charge >= 0.3 is 6.09 Å². The molecule has 0 unspecified atom stereocenters. The van der Waals surface area contributed by atoms with E-state index in [1.165, 1.54) is 0 Å². The third kappa shape index (κ3) is 6.23. The zero-order chi connectivity index (χ0) is 15.2. The summed E-state index contributed by atoms with van der Waals surface area (Å²) in [5, 5.41) is 2.51. The van der Waals surface area contributed by atoms with E-state index in [9.17, 15) is 9.59 Å². The van der Waals surface area contributed by atoms with Crippen molar-refractivity contribution in [2.45, 2.75) is 39.2 Å². The molecule has 1 rings (SSSR count). The highest BCUT2D eigenvalue weighted by Crippen LogP contribution is 2.19. The fraction of sp³-hybridized carbons (Fsp3) is 0.857. The number of likely N-dealkylation sites (N-methyl/N-ethyl adjacent to an activating group) is 1. The quantitative estimate of drug-likeness (QED) is 0.848. The van der Waals surface area contributed by atoms with Crippen molar-refractivity contribution in [1.82, 2.24) is 10.2 Å². The summed E-state index contributed by atoms with van der Waals surface area (Å²) in [6.45, 7) is 7.49. The van der Waals surface area contributed by atoms with Crippen LogP contribution in [0.25, 0.3) is 0 Å². The molecule has 20 heavy (non-hydrogen) atoms. The summed E-state index contributed by atoms with van der Waals surface area (Å²) in [5.41, 5.74) is -0.472. The Bertz CT molecular complexity index is 339. The predicted octanol–water partition coefficient (Wildman–Crippen LogP) is 1.40. The van der Waals surface area contributed by atoms with Gasteiger partial charge in [0.1, 0.15) is 12.2 Å². The van der Waals surface area contributed by atoms with Crippen LogP contribution in [0.5, 0.6) is 0 Å². The van der Waals surface area contributed by atoms with E-state index in [0.717, 1.165) is 19.4 Å². The monoisotopic (exact) mass is 286 g/mol. The van der Waals surface area contributed by atoms with Crippen LogP contribution in [0.3, 0.4) is 0 Å². The summed E-state index contributed by atoms with van der Waals surface area (Å²) in [4.78, 5) is 24.8. The molecule has 0 saturated carbocycles. The first-order chi connectivity index (χ1) is 9.31. The summed E-state index contributed by atoms with van der Waals surface area (Å²) in [5.74, 6) is 0.130. The van der Waals surface area contributed by atoms with Crippen LogP contribution in [0.1, 0.15) is 33.6 Å². The van der Waals surface area contributed by atoms with E-state index < -0.39 is 5.60 Å². The van der Waals surface area contributed by atoms with Crippen molar-refractivity contribution in [1.29, 1.82) is 0 Å². The van der Waals surface area contributed by atoms with E-state index in [2.05, 4.69) is 5.32 Å². The molecule has 116 valence electrons. The van der Waals surface area contributed by atoms with Crippen molar-refractivity contribution in [3.8, 4) is 0 Å². The van der Waals surface area contributed by atoms with Gasteiger partial charge in [-0.1, -0.05) is 0 Å². The SMILES string of the molecule is CNC(=O)COC[C@H]1CCCN(C(=O)OC(C)(C)C)C1. The van der Waals surface area contributed by atoms with E-state index in [0.29, 0.717) is 13.2 Å². The summed E-state index contributed by atoms with van der Waals surface area (Å²) >= 11 is 0. The van der Waals surface area contributed by atoms with E-state index in [1.54, 1.807) is 11.9 Å². The molecule has 1 fully saturated rings. The minimum atomic E-state index is -0.472. The molecule has 6 nitrogen and oxygen atoms in total. The van der Waals surface area contributed by atoms with Crippen LogP contribution in [0.15, 0.2) is 0 Å². The number of carbonyl (C=O) groups is 2. The second-order valence-electron chi connectivity index (χ2n) is 6.12. The standard InChI is InChI=1S/C14H26N2O4/c1-14(2,3)20-13(18)16-7-5-6-11(8-16)9-19-10-12(17)15-4/h11H,5-10H2,1-4H3,(H,15,17)/t11-/m0/s1. The van der Waals surface area contributed by atoms with Gasteiger partial charge in [-0.05, 0) is 33.6 Å². The lowest BCUT2D eigenvalue weighted by molar-refractivity contribution is -0.125. The molecule has 0 aromatic heterocycles. The number of hydrogen-bond acceptors (Lipinski definition) is 4. The summed E-state index contributed by atoms with van der Waals surface area (Å²) in [6.07, 6.45) is 1.67. The molecule has 0 spiro atoms. The zero-order valence-electron chi connectivity index (χ0n) is 12.9. The van der Waals surface area contributed by atoms with E-state index >= 15 is 0 Å². The van der Waals surface area contributed by atoms with Crippen LogP contribution in [-0.2, 0) is 14.3 Å². The molecule has 1 atom stereocenters. The smallest absolute Gasteiger partial charge is 0.410 e. The molecule has 1 heterocycles. The number of carbonyl (C=O) groups excluding carboxylic acids is 2. The van der Waals surface area contributed by atoms with E-state index in [4.69, 9.17) is 9.47 Å². The summed E-state index contributed by atoms with van der Waals surface area (Å²) < 4.78 is 10.7. The average Bonchev–Trinajstić information content (AvgIpc) is 2.37. The highest BCUT2D eigenvalue weighted by molar-refractivity contribution is 5.76. The van der Waals surface area contributed by atoms with Crippen molar-refractivity contribution in [2.75, 3.05) is 33.4 Å². The molecule has 1 N–H and O–H groups in total. The number of nitrogens with zero attached hydrogens (tertiary/aromatic N) is 1. The molecule has 1 aliphatic heterocycles. The first-order valence-electron chi connectivity index (χ1n) is 7.08. The van der Waals surface area contributed by atoms with Gasteiger partial charge in [-0.2, -0.15) is 0 Å². The molecule has 2 amide bonds. The van der Waals surface area contributed by atoms with Crippen LogP contribution in [0.4, 0.5) is 4.79 Å². The Balaban J connectivity index is 2.35. The third-order valence-electron chi connectivity index (χ3n) is 3.04. The number of hydrogen-bond donors (Lipinski definition) is 1. The van der Waals surface area contributed by atoms with Gasteiger partial charge in [-0.25, -0.2) is 4.79 Å². The number of rotatable bonds is 4. The Labute approximate surface area is 120 Å². The van der Waals surface area contributed by atoms with Crippen LogP contribution in [0.2, 0.25) is 0 Å². The van der Waals surface area contributed by atoms with Gasteiger partial charge in [0.15, 0.2) is 0 Å². The van der Waals surface area contributed by atoms with Crippen molar-refractivity contribution < 1.29 is 19.1 Å². The van der Waals surface area contributed by atoms with Gasteiger partial charge < -0.3 is 19.7 Å². The molecular formula is C14H26N2O4. The Kier molecular flexibility index (Phi) is 6.26. The fourth-order valence-corrected chi connectivity index (χ4v) is 2.08. The number of likely N-dealkylation sites (tertiary alicyclic amines) is 1. The average molecular weight is 286 g/mol. The lowest BCUT2D eigenvalue weighted by Gasteiger charge is -2.34. The Morgan fingerprint density at radius 2 is 2.05 bits per heavy atom. The number of amides is 2. The van der Waals surface area contributed by atoms with Gasteiger partial charge in [0.05, 0.1) is 6.61 Å². The zero-order valence-corrected chi connectivity index (χ0v) is 12.9. The maximum Gasteiger partial charge on any atom is 0.410 e. The van der Waals surface area contributed by atoms with Crippen molar-refractivity contribution in [2.24, 2.45) is 5.92 Å². The van der Waals surface area contributed by atoms with Crippen molar-refractivity contribution in [3.05, 3.63) is 0 Å². The molecule has 6 heteroatoms. The van der Waals surface area contributed by atoms with Crippen LogP contribution < -0.4 is 5.32 Å². The summed E-state index contributed by atoms with van der Waals surface area (Å²) in [6, 6.07) is 0. The van der Waals surface area contributed by atoms with E-state index in [1.807, 2.05) is 20.8 Å². The topological polar surface area (TPSA) is 67.9 Å². The molecule has 1 saturated heterocycles. The lowest BCUT2D eigenvalue weighted by atomic mass is 9.99. The van der Waals surface area contributed by atoms with Gasteiger partial charge in [0.2, 0.25) is 5.91 Å². The third-order valence-corrected chi connectivity index (χ3v) is 3.04.